The molecule has 2 amide bonds. The standard InChI is InChI=1S/C16H24N2O4.C16H22N2O4.C11H14N2O2.3CH4/c2*1-15(2,3)22-14(20)18-12(13(19)16(4)10-21-16)9-11-5-7-17-8-6-11;1-11(7-15-11)10(14)9(12)6-8-2-4-13-5-3-8;;;/h5-8,12-13,19H,9-10H2,1-4H3,(H,18,20);5-8,12H,9-10H2,1-4H3,(H,18,20);2-5,9H,6-7,12H2,1H3;3*1H4/t12-,13?,16?;12-,16+;9-,11+;;;/m000.../s1. The number of Topliss-reactive ketones (excluding diaryl/α,β-unsaturated/α-hetero) is 2. The molecule has 3 aromatic heterocycles. The Labute approximate surface area is 368 Å². The Morgan fingerprint density at radius 2 is 1.00 bits per heavy atom. The minimum absolute atomic E-state index is 0. The van der Waals surface area contributed by atoms with E-state index in [0.29, 0.717) is 39.1 Å². The minimum atomic E-state index is -0.812. The van der Waals surface area contributed by atoms with Gasteiger partial charge < -0.3 is 45.2 Å². The highest BCUT2D eigenvalue weighted by atomic mass is 16.6. The maximum atomic E-state index is 12.5. The van der Waals surface area contributed by atoms with Crippen molar-refractivity contribution in [2.75, 3.05) is 19.8 Å². The van der Waals surface area contributed by atoms with Gasteiger partial charge in [-0.3, -0.25) is 24.5 Å². The van der Waals surface area contributed by atoms with E-state index >= 15 is 0 Å². The Balaban J connectivity index is 0.000000462. The van der Waals surface area contributed by atoms with Crippen molar-refractivity contribution in [1.29, 1.82) is 0 Å². The molecule has 6 rings (SSSR count). The molecule has 0 bridgehead atoms. The van der Waals surface area contributed by atoms with Crippen LogP contribution in [0.15, 0.2) is 73.6 Å². The number of rotatable bonds is 14. The molecular weight excluding hydrogens is 797 g/mol. The third-order valence-corrected chi connectivity index (χ3v) is 9.45. The number of nitrogens with two attached hydrogens (primary N) is 1. The summed E-state index contributed by atoms with van der Waals surface area (Å²) in [6, 6.07) is 9.39. The number of hydrogen-bond acceptors (Lipinski definition) is 14. The number of aromatic nitrogens is 3. The molecule has 2 unspecified atom stereocenters. The lowest BCUT2D eigenvalue weighted by molar-refractivity contribution is -0.126. The quantitative estimate of drug-likeness (QED) is 0.141. The predicted molar refractivity (Wildman–Crippen MR) is 237 cm³/mol. The van der Waals surface area contributed by atoms with Crippen molar-refractivity contribution >= 4 is 23.8 Å². The van der Waals surface area contributed by atoms with Crippen molar-refractivity contribution in [2.45, 2.75) is 156 Å². The number of ether oxygens (including phenoxy) is 5. The zero-order valence-electron chi connectivity index (χ0n) is 35.5. The molecule has 62 heavy (non-hydrogen) atoms. The zero-order chi connectivity index (χ0) is 43.6. The molecule has 16 nitrogen and oxygen atoms in total. The highest BCUT2D eigenvalue weighted by Crippen LogP contribution is 2.33. The average molecular weight is 869 g/mol. The van der Waals surface area contributed by atoms with Crippen molar-refractivity contribution in [2.24, 2.45) is 5.73 Å². The summed E-state index contributed by atoms with van der Waals surface area (Å²) in [7, 11) is 0. The van der Waals surface area contributed by atoms with Crippen molar-refractivity contribution in [3.8, 4) is 0 Å². The summed E-state index contributed by atoms with van der Waals surface area (Å²) in [5.41, 5.74) is 5.51. The van der Waals surface area contributed by atoms with Gasteiger partial charge in [-0.25, -0.2) is 9.59 Å². The normalized spacial score (nSPS) is 22.4. The van der Waals surface area contributed by atoms with Gasteiger partial charge >= 0.3 is 12.2 Å². The number of ketones is 2. The molecule has 0 aliphatic carbocycles. The second-order valence-electron chi connectivity index (χ2n) is 17.6. The van der Waals surface area contributed by atoms with Crippen LogP contribution in [0.25, 0.3) is 0 Å². The Kier molecular flexibility index (Phi) is 20.5. The van der Waals surface area contributed by atoms with E-state index in [-0.39, 0.29) is 33.8 Å². The largest absolute Gasteiger partial charge is 0.444 e. The van der Waals surface area contributed by atoms with E-state index in [1.54, 1.807) is 92.6 Å². The number of carbonyl (C=O) groups is 4. The summed E-state index contributed by atoms with van der Waals surface area (Å²) < 4.78 is 26.1. The molecule has 6 heterocycles. The van der Waals surface area contributed by atoms with E-state index in [9.17, 15) is 24.3 Å². The fourth-order valence-corrected chi connectivity index (χ4v) is 5.72. The first-order valence-electron chi connectivity index (χ1n) is 19.6. The van der Waals surface area contributed by atoms with Gasteiger partial charge in [0.2, 0.25) is 0 Å². The summed E-state index contributed by atoms with van der Waals surface area (Å²) in [4.78, 5) is 60.1. The molecule has 3 aliphatic rings. The van der Waals surface area contributed by atoms with Crippen molar-refractivity contribution in [3.63, 3.8) is 0 Å². The smallest absolute Gasteiger partial charge is 0.408 e. The molecule has 5 N–H and O–H groups in total. The van der Waals surface area contributed by atoms with Crippen molar-refractivity contribution in [3.05, 3.63) is 90.3 Å². The van der Waals surface area contributed by atoms with Gasteiger partial charge in [0.1, 0.15) is 34.1 Å². The van der Waals surface area contributed by atoms with Crippen molar-refractivity contribution < 1.29 is 48.0 Å². The summed E-state index contributed by atoms with van der Waals surface area (Å²) >= 11 is 0. The highest BCUT2D eigenvalue weighted by molar-refractivity contribution is 5.96. The fraction of sp³-hybridized carbons (Fsp3) is 0.587. The molecule has 3 fully saturated rings. The molecule has 0 saturated carbocycles. The summed E-state index contributed by atoms with van der Waals surface area (Å²) in [5, 5.41) is 15.9. The summed E-state index contributed by atoms with van der Waals surface area (Å²) in [6.07, 6.45) is 9.49. The number of pyridine rings is 3. The first-order valence-corrected chi connectivity index (χ1v) is 19.6. The molecule has 16 heteroatoms. The molecule has 3 aliphatic heterocycles. The van der Waals surface area contributed by atoms with Gasteiger partial charge in [-0.15, -0.1) is 0 Å². The van der Waals surface area contributed by atoms with Gasteiger partial charge in [0.15, 0.2) is 11.6 Å². The lowest BCUT2D eigenvalue weighted by atomic mass is 9.93. The van der Waals surface area contributed by atoms with Crippen LogP contribution in [0.3, 0.4) is 0 Å². The number of nitrogens with one attached hydrogen (secondary N) is 2. The number of carbonyl (C=O) groups excluding carboxylic acids is 4. The van der Waals surface area contributed by atoms with Crippen LogP contribution in [0.5, 0.6) is 0 Å². The van der Waals surface area contributed by atoms with Gasteiger partial charge in [-0.1, -0.05) is 22.3 Å². The lowest BCUT2D eigenvalue weighted by Crippen LogP contribution is -2.51. The fourth-order valence-electron chi connectivity index (χ4n) is 5.72. The first kappa shape index (κ1) is 55.1. The number of aliphatic hydroxyl groups is 1. The lowest BCUT2D eigenvalue weighted by Gasteiger charge is -2.28. The van der Waals surface area contributed by atoms with Crippen LogP contribution < -0.4 is 16.4 Å². The number of nitrogens with zero attached hydrogens (tertiary/aromatic N) is 3. The molecule has 346 valence electrons. The maximum Gasteiger partial charge on any atom is 0.408 e. The van der Waals surface area contributed by atoms with Crippen LogP contribution >= 0.6 is 0 Å². The topological polar surface area (TPSA) is 233 Å². The maximum absolute atomic E-state index is 12.5. The van der Waals surface area contributed by atoms with E-state index in [1.807, 2.05) is 43.3 Å². The van der Waals surface area contributed by atoms with Crippen LogP contribution in [0.4, 0.5) is 9.59 Å². The van der Waals surface area contributed by atoms with E-state index in [2.05, 4.69) is 25.6 Å². The molecule has 0 aromatic carbocycles. The van der Waals surface area contributed by atoms with Gasteiger partial charge in [-0.05, 0) is 128 Å². The van der Waals surface area contributed by atoms with Crippen LogP contribution in [-0.2, 0) is 52.5 Å². The van der Waals surface area contributed by atoms with Crippen LogP contribution in [-0.4, -0.2) is 116 Å². The summed E-state index contributed by atoms with van der Waals surface area (Å²) in [5.74, 6) is -0.158. The second kappa shape index (κ2) is 23.0. The number of aliphatic hydroxyl groups excluding tert-OH is 1. The van der Waals surface area contributed by atoms with Crippen LogP contribution in [0.1, 0.15) is 101 Å². The monoisotopic (exact) mass is 869 g/mol. The van der Waals surface area contributed by atoms with E-state index < -0.39 is 64.4 Å². The van der Waals surface area contributed by atoms with E-state index in [1.165, 1.54) is 0 Å². The van der Waals surface area contributed by atoms with E-state index in [4.69, 9.17) is 29.4 Å². The van der Waals surface area contributed by atoms with Crippen LogP contribution in [0.2, 0.25) is 0 Å². The Morgan fingerprint density at radius 3 is 1.37 bits per heavy atom. The number of amides is 2. The van der Waals surface area contributed by atoms with Crippen molar-refractivity contribution in [1.82, 2.24) is 25.6 Å². The predicted octanol–water partition coefficient (Wildman–Crippen LogP) is 5.76. The third kappa shape index (κ3) is 18.2. The first-order chi connectivity index (χ1) is 27.5. The number of alkyl carbamates (subject to hydrolysis) is 2. The Morgan fingerprint density at radius 1 is 0.645 bits per heavy atom. The van der Waals surface area contributed by atoms with Crippen LogP contribution in [0, 0.1) is 0 Å². The Hall–Kier alpha value is -4.87. The molecule has 3 saturated heterocycles. The highest BCUT2D eigenvalue weighted by Gasteiger charge is 2.51. The zero-order valence-corrected chi connectivity index (χ0v) is 35.5. The molecular formula is C46H72N6O10. The average Bonchev–Trinajstić information content (AvgIpc) is 4.11. The summed E-state index contributed by atoms with van der Waals surface area (Å²) in [6.45, 7) is 17.4. The minimum Gasteiger partial charge on any atom is -0.444 e. The van der Waals surface area contributed by atoms with Gasteiger partial charge in [0.25, 0.3) is 0 Å². The third-order valence-electron chi connectivity index (χ3n) is 9.45. The Bertz CT molecular complexity index is 1840. The van der Waals surface area contributed by atoms with Gasteiger partial charge in [0, 0.05) is 43.6 Å². The van der Waals surface area contributed by atoms with E-state index in [0.717, 1.165) is 16.7 Å². The number of epoxide rings is 3. The molecule has 3 aromatic rings. The molecule has 7 atom stereocenters. The SMILES string of the molecule is C.C.C.CC(C)(C)OC(=O)N[C@@H](Cc1ccncc1)C(=O)[C@@]1(C)CO1.CC(C)(C)OC(=O)N[C@@H](Cc1ccncc1)C(O)C1(C)CO1.C[C@]1(C(=O)[C@@H](N)Cc2ccncc2)CO1. The second-order valence-corrected chi connectivity index (χ2v) is 17.6. The molecule has 0 radical (unpaired) electrons. The van der Waals surface area contributed by atoms with Gasteiger partial charge in [-0.2, -0.15) is 0 Å². The van der Waals surface area contributed by atoms with Gasteiger partial charge in [0.05, 0.1) is 37.9 Å². The number of hydrogen-bond donors (Lipinski definition) is 4. The molecule has 0 spiro atoms.